The molecule has 11 rings (SSSR count). The van der Waals surface area contributed by atoms with E-state index in [0.717, 1.165) is 93.9 Å². The number of hydrogen-bond donors (Lipinski definition) is 0. The van der Waals surface area contributed by atoms with Gasteiger partial charge in [0.05, 0.1) is 22.4 Å². The summed E-state index contributed by atoms with van der Waals surface area (Å²) in [5, 5.41) is 6.56. The van der Waals surface area contributed by atoms with Crippen molar-refractivity contribution in [3.8, 4) is 56.2 Å². The average molecular weight is 702 g/mol. The summed E-state index contributed by atoms with van der Waals surface area (Å²) in [4.78, 5) is 15.5. The summed E-state index contributed by atoms with van der Waals surface area (Å²) in [6.45, 7) is 0. The van der Waals surface area contributed by atoms with E-state index >= 15 is 0 Å². The van der Waals surface area contributed by atoms with Crippen LogP contribution in [0, 0.1) is 0 Å². The smallest absolute Gasteiger partial charge is 0.160 e. The lowest BCUT2D eigenvalue weighted by molar-refractivity contribution is 0.669. The lowest BCUT2D eigenvalue weighted by Crippen LogP contribution is -1.96. The Labute approximate surface area is 317 Å². The molecule has 4 heteroatoms. The van der Waals surface area contributed by atoms with Crippen molar-refractivity contribution in [2.45, 2.75) is 0 Å². The van der Waals surface area contributed by atoms with Gasteiger partial charge in [-0.15, -0.1) is 0 Å². The standard InChI is InChI=1S/C51H31N3O/c1-3-13-32(14-4-1)33-23-29-37(30-24-33)51-53-43-21-11-8-18-39(43)49(54-51)35-25-27-36(28-26-35)50-41-31-45-48(40-19-9-12-22-44(40)55-45)46(34-15-5-2-6-16-34)47(41)38-17-7-10-20-42(38)52-50/h1-31H. The highest BCUT2D eigenvalue weighted by atomic mass is 16.3. The maximum atomic E-state index is 6.58. The Balaban J connectivity index is 1.09. The van der Waals surface area contributed by atoms with Crippen LogP contribution < -0.4 is 0 Å². The molecule has 0 amide bonds. The molecular weight excluding hydrogens is 671 g/mol. The van der Waals surface area contributed by atoms with Crippen LogP contribution >= 0.6 is 0 Å². The third-order valence-electron chi connectivity index (χ3n) is 10.7. The van der Waals surface area contributed by atoms with Crippen LogP contribution in [0.5, 0.6) is 0 Å². The van der Waals surface area contributed by atoms with E-state index in [-0.39, 0.29) is 0 Å². The van der Waals surface area contributed by atoms with Gasteiger partial charge < -0.3 is 4.42 Å². The Hall–Kier alpha value is -7.43. The van der Waals surface area contributed by atoms with Crippen molar-refractivity contribution in [3.63, 3.8) is 0 Å². The van der Waals surface area contributed by atoms with Gasteiger partial charge in [0.1, 0.15) is 11.2 Å². The largest absolute Gasteiger partial charge is 0.456 e. The predicted octanol–water partition coefficient (Wildman–Crippen LogP) is 13.6. The van der Waals surface area contributed by atoms with Gasteiger partial charge in [-0.05, 0) is 41.0 Å². The minimum absolute atomic E-state index is 0.697. The van der Waals surface area contributed by atoms with Crippen molar-refractivity contribution >= 4 is 54.5 Å². The van der Waals surface area contributed by atoms with Gasteiger partial charge in [0.15, 0.2) is 5.82 Å². The van der Waals surface area contributed by atoms with Gasteiger partial charge >= 0.3 is 0 Å². The van der Waals surface area contributed by atoms with Gasteiger partial charge in [-0.25, -0.2) is 15.0 Å². The molecule has 0 aliphatic heterocycles. The molecule has 11 aromatic rings. The third kappa shape index (κ3) is 5.19. The molecule has 0 atom stereocenters. The molecule has 0 spiro atoms. The molecule has 0 fully saturated rings. The topological polar surface area (TPSA) is 51.8 Å². The van der Waals surface area contributed by atoms with Crippen LogP contribution in [0.1, 0.15) is 0 Å². The van der Waals surface area contributed by atoms with E-state index in [1.165, 1.54) is 10.9 Å². The zero-order chi connectivity index (χ0) is 36.3. The van der Waals surface area contributed by atoms with E-state index in [0.29, 0.717) is 5.82 Å². The average Bonchev–Trinajstić information content (AvgIpc) is 3.64. The maximum Gasteiger partial charge on any atom is 0.160 e. The molecule has 4 nitrogen and oxygen atoms in total. The van der Waals surface area contributed by atoms with Crippen LogP contribution in [-0.2, 0) is 0 Å². The monoisotopic (exact) mass is 701 g/mol. The fourth-order valence-electron chi connectivity index (χ4n) is 8.08. The summed E-state index contributed by atoms with van der Waals surface area (Å²) in [7, 11) is 0. The Morgan fingerprint density at radius 3 is 1.53 bits per heavy atom. The zero-order valence-corrected chi connectivity index (χ0v) is 29.6. The fourth-order valence-corrected chi connectivity index (χ4v) is 8.08. The van der Waals surface area contributed by atoms with E-state index in [9.17, 15) is 0 Å². The molecular formula is C51H31N3O. The molecule has 0 aliphatic carbocycles. The molecule has 0 saturated heterocycles. The first-order chi connectivity index (χ1) is 27.3. The van der Waals surface area contributed by atoms with Crippen LogP contribution in [0.15, 0.2) is 192 Å². The minimum atomic E-state index is 0.697. The second-order valence-corrected chi connectivity index (χ2v) is 13.9. The summed E-state index contributed by atoms with van der Waals surface area (Å²) >= 11 is 0. The molecule has 3 aromatic heterocycles. The molecule has 55 heavy (non-hydrogen) atoms. The molecule has 256 valence electrons. The number of benzene rings is 8. The summed E-state index contributed by atoms with van der Waals surface area (Å²) in [6.07, 6.45) is 0. The van der Waals surface area contributed by atoms with Crippen LogP contribution in [0.4, 0.5) is 0 Å². The number of hydrogen-bond acceptors (Lipinski definition) is 4. The van der Waals surface area contributed by atoms with E-state index in [2.05, 4.69) is 158 Å². The second kappa shape index (κ2) is 12.6. The zero-order valence-electron chi connectivity index (χ0n) is 29.6. The number of para-hydroxylation sites is 3. The first-order valence-corrected chi connectivity index (χ1v) is 18.5. The molecule has 0 radical (unpaired) electrons. The van der Waals surface area contributed by atoms with Crippen molar-refractivity contribution in [2.75, 3.05) is 0 Å². The summed E-state index contributed by atoms with van der Waals surface area (Å²) in [5.74, 6) is 0.697. The third-order valence-corrected chi connectivity index (χ3v) is 10.7. The molecule has 0 aliphatic rings. The van der Waals surface area contributed by atoms with Crippen molar-refractivity contribution in [2.24, 2.45) is 0 Å². The Bertz CT molecular complexity index is 3220. The van der Waals surface area contributed by atoms with E-state index in [4.69, 9.17) is 19.4 Å². The van der Waals surface area contributed by atoms with E-state index in [1.54, 1.807) is 0 Å². The normalized spacial score (nSPS) is 11.6. The molecule has 0 N–H and O–H groups in total. The Morgan fingerprint density at radius 2 is 0.818 bits per heavy atom. The molecule has 3 heterocycles. The van der Waals surface area contributed by atoms with E-state index < -0.39 is 0 Å². The lowest BCUT2D eigenvalue weighted by atomic mass is 9.89. The van der Waals surface area contributed by atoms with Gasteiger partial charge in [0.2, 0.25) is 0 Å². The van der Waals surface area contributed by atoms with Gasteiger partial charge in [-0.3, -0.25) is 0 Å². The van der Waals surface area contributed by atoms with E-state index in [1.807, 2.05) is 30.3 Å². The van der Waals surface area contributed by atoms with Crippen LogP contribution in [0.3, 0.4) is 0 Å². The van der Waals surface area contributed by atoms with Crippen molar-refractivity contribution in [3.05, 3.63) is 188 Å². The van der Waals surface area contributed by atoms with Gasteiger partial charge in [-0.1, -0.05) is 164 Å². The second-order valence-electron chi connectivity index (χ2n) is 13.9. The Kier molecular flexibility index (Phi) is 7.14. The molecule has 0 bridgehead atoms. The SMILES string of the molecule is c1ccc(-c2ccc(-c3nc(-c4ccc(-c5nc6ccccc6c6c(-c7ccccc7)c7c(cc56)oc5ccccc57)cc4)c4ccccc4n3)cc2)cc1. The minimum Gasteiger partial charge on any atom is -0.456 e. The number of fused-ring (bicyclic) bond motifs is 7. The number of aromatic nitrogens is 3. The number of rotatable bonds is 5. The van der Waals surface area contributed by atoms with Gasteiger partial charge in [-0.2, -0.15) is 0 Å². The highest BCUT2D eigenvalue weighted by Crippen LogP contribution is 2.46. The lowest BCUT2D eigenvalue weighted by Gasteiger charge is -2.16. The quantitative estimate of drug-likeness (QED) is 0.168. The number of nitrogens with zero attached hydrogens (tertiary/aromatic N) is 3. The number of pyridine rings is 1. The first-order valence-electron chi connectivity index (χ1n) is 18.5. The van der Waals surface area contributed by atoms with Crippen LogP contribution in [0.2, 0.25) is 0 Å². The fraction of sp³-hybridized carbons (Fsp3) is 0. The van der Waals surface area contributed by atoms with Crippen molar-refractivity contribution < 1.29 is 4.42 Å². The van der Waals surface area contributed by atoms with Crippen LogP contribution in [-0.4, -0.2) is 15.0 Å². The van der Waals surface area contributed by atoms with Crippen LogP contribution in [0.25, 0.3) is 111 Å². The molecule has 0 unspecified atom stereocenters. The maximum absolute atomic E-state index is 6.58. The highest BCUT2D eigenvalue weighted by molar-refractivity contribution is 6.27. The predicted molar refractivity (Wildman–Crippen MR) is 227 cm³/mol. The summed E-state index contributed by atoms with van der Waals surface area (Å²) in [5.41, 5.74) is 13.0. The number of furan rings is 1. The van der Waals surface area contributed by atoms with Crippen molar-refractivity contribution in [1.82, 2.24) is 15.0 Å². The molecule has 8 aromatic carbocycles. The van der Waals surface area contributed by atoms with Crippen molar-refractivity contribution in [1.29, 1.82) is 0 Å². The van der Waals surface area contributed by atoms with Gasteiger partial charge in [0, 0.05) is 54.6 Å². The first kappa shape index (κ1) is 31.1. The Morgan fingerprint density at radius 1 is 0.309 bits per heavy atom. The highest BCUT2D eigenvalue weighted by Gasteiger charge is 2.22. The summed E-state index contributed by atoms with van der Waals surface area (Å²) in [6, 6.07) is 65.4. The van der Waals surface area contributed by atoms with Gasteiger partial charge in [0.25, 0.3) is 0 Å². The molecule has 0 saturated carbocycles. The summed E-state index contributed by atoms with van der Waals surface area (Å²) < 4.78 is 6.58.